The van der Waals surface area contributed by atoms with E-state index in [4.69, 9.17) is 46.4 Å². The van der Waals surface area contributed by atoms with Crippen LogP contribution in [0.15, 0.2) is 0 Å². The van der Waals surface area contributed by atoms with Crippen molar-refractivity contribution in [3.63, 3.8) is 0 Å². The van der Waals surface area contributed by atoms with Gasteiger partial charge in [-0.05, 0) is 24.4 Å². The summed E-state index contributed by atoms with van der Waals surface area (Å²) in [6.45, 7) is 0. The summed E-state index contributed by atoms with van der Waals surface area (Å²) >= 11 is 20.8. The van der Waals surface area contributed by atoms with Crippen LogP contribution in [0.5, 0.6) is 0 Å². The lowest BCUT2D eigenvalue weighted by atomic mass is 9.80. The molecule has 0 radical (unpaired) electrons. The molecule has 14 heavy (non-hydrogen) atoms. The normalized spacial score (nSPS) is 28.9. The Morgan fingerprint density at radius 3 is 2.14 bits per heavy atom. The molecular formula is C7H6Cl4F2O. The molecule has 0 spiro atoms. The van der Waals surface area contributed by atoms with Crippen LogP contribution < -0.4 is 0 Å². The molecule has 1 aliphatic carbocycles. The Morgan fingerprint density at radius 1 is 1.36 bits per heavy atom. The standard InChI is InChI=1S/C7H6Cl4F2O/c8-4-1-3(5(4)14)2-6(9,10)7(11,12)13/h3-4H,1-2H2. The van der Waals surface area contributed by atoms with Crippen LogP contribution in [0.2, 0.25) is 0 Å². The van der Waals surface area contributed by atoms with E-state index in [0.29, 0.717) is 6.42 Å². The van der Waals surface area contributed by atoms with E-state index in [1.54, 1.807) is 0 Å². The number of alkyl halides is 6. The van der Waals surface area contributed by atoms with Gasteiger partial charge in [0.1, 0.15) is 0 Å². The molecule has 0 bridgehead atoms. The molecule has 2 unspecified atom stereocenters. The van der Waals surface area contributed by atoms with Gasteiger partial charge in [-0.1, -0.05) is 23.2 Å². The molecule has 0 heterocycles. The molecule has 1 saturated carbocycles. The molecule has 0 aromatic heterocycles. The average molecular weight is 286 g/mol. The van der Waals surface area contributed by atoms with Crippen molar-refractivity contribution in [3.05, 3.63) is 0 Å². The van der Waals surface area contributed by atoms with Crippen molar-refractivity contribution in [1.29, 1.82) is 0 Å². The fraction of sp³-hybridized carbons (Fsp3) is 0.857. The Hall–Kier alpha value is 0.690. The minimum atomic E-state index is -3.76. The summed E-state index contributed by atoms with van der Waals surface area (Å²) in [5, 5.41) is -4.36. The number of Topliss-reactive ketones (excluding diaryl/α,β-unsaturated/α-hetero) is 1. The van der Waals surface area contributed by atoms with E-state index < -0.39 is 21.0 Å². The monoisotopic (exact) mass is 284 g/mol. The molecule has 0 saturated heterocycles. The first-order chi connectivity index (χ1) is 6.15. The van der Waals surface area contributed by atoms with Gasteiger partial charge in [-0.2, -0.15) is 8.78 Å². The van der Waals surface area contributed by atoms with Gasteiger partial charge in [0.15, 0.2) is 10.1 Å². The van der Waals surface area contributed by atoms with E-state index in [0.717, 1.165) is 0 Å². The number of rotatable bonds is 3. The van der Waals surface area contributed by atoms with Gasteiger partial charge in [0.05, 0.1) is 5.38 Å². The van der Waals surface area contributed by atoms with Gasteiger partial charge in [-0.3, -0.25) is 4.79 Å². The molecule has 1 aliphatic rings. The highest BCUT2D eigenvalue weighted by Gasteiger charge is 2.54. The fourth-order valence-electron chi connectivity index (χ4n) is 1.19. The van der Waals surface area contributed by atoms with Crippen molar-refractivity contribution in [2.45, 2.75) is 27.9 Å². The molecule has 0 N–H and O–H groups in total. The van der Waals surface area contributed by atoms with Crippen molar-refractivity contribution < 1.29 is 13.6 Å². The molecule has 0 aromatic carbocycles. The molecule has 0 aliphatic heterocycles. The van der Waals surface area contributed by atoms with Gasteiger partial charge in [0.25, 0.3) is 0 Å². The van der Waals surface area contributed by atoms with Crippen molar-refractivity contribution in [3.8, 4) is 0 Å². The van der Waals surface area contributed by atoms with Crippen LogP contribution >= 0.6 is 46.4 Å². The number of hydrogen-bond donors (Lipinski definition) is 0. The zero-order chi connectivity index (χ0) is 11.1. The summed E-state index contributed by atoms with van der Waals surface area (Å²) in [7, 11) is 0. The van der Waals surface area contributed by atoms with Gasteiger partial charge in [-0.25, -0.2) is 0 Å². The first-order valence-corrected chi connectivity index (χ1v) is 5.34. The summed E-state index contributed by atoms with van der Waals surface area (Å²) in [5.41, 5.74) is 0. The molecule has 2 atom stereocenters. The minimum Gasteiger partial charge on any atom is -0.298 e. The van der Waals surface area contributed by atoms with E-state index in [1.165, 1.54) is 0 Å². The van der Waals surface area contributed by atoms with Crippen LogP contribution in [-0.2, 0) is 4.79 Å². The summed E-state index contributed by atoms with van der Waals surface area (Å²) < 4.78 is 22.8. The molecule has 0 amide bonds. The second kappa shape index (κ2) is 3.93. The molecule has 82 valence electrons. The SMILES string of the molecule is O=C1C(Cl)CC1CC(Cl)(Cl)C(F)(F)Cl. The Morgan fingerprint density at radius 2 is 1.86 bits per heavy atom. The summed E-state index contributed by atoms with van der Waals surface area (Å²) in [6, 6.07) is 0. The van der Waals surface area contributed by atoms with Crippen LogP contribution in [-0.4, -0.2) is 20.9 Å². The minimum absolute atomic E-state index is 0.307. The fourth-order valence-corrected chi connectivity index (χ4v) is 2.03. The Labute approximate surface area is 99.6 Å². The third-order valence-electron chi connectivity index (χ3n) is 2.12. The highest BCUT2D eigenvalue weighted by molar-refractivity contribution is 6.52. The lowest BCUT2D eigenvalue weighted by Crippen LogP contribution is -2.44. The third kappa shape index (κ3) is 2.43. The maximum absolute atomic E-state index is 12.6. The molecule has 1 fully saturated rings. The Bertz CT molecular complexity index is 251. The number of carbonyl (C=O) groups is 1. The molecule has 0 aromatic rings. The second-order valence-corrected chi connectivity index (χ2v) is 5.69. The molecule has 7 heteroatoms. The number of hydrogen-bond acceptors (Lipinski definition) is 1. The Balaban J connectivity index is 2.57. The quantitative estimate of drug-likeness (QED) is 0.725. The van der Waals surface area contributed by atoms with Crippen LogP contribution in [0.4, 0.5) is 8.78 Å². The predicted molar refractivity (Wildman–Crippen MR) is 52.6 cm³/mol. The second-order valence-electron chi connectivity index (χ2n) is 3.21. The maximum Gasteiger partial charge on any atom is 0.354 e. The largest absolute Gasteiger partial charge is 0.354 e. The van der Waals surface area contributed by atoms with Gasteiger partial charge < -0.3 is 0 Å². The predicted octanol–water partition coefficient (Wildman–Crippen LogP) is 3.58. The first-order valence-electron chi connectivity index (χ1n) is 3.77. The van der Waals surface area contributed by atoms with Crippen LogP contribution in [0.3, 0.4) is 0 Å². The summed E-state index contributed by atoms with van der Waals surface area (Å²) in [6.07, 6.45) is -0.0663. The van der Waals surface area contributed by atoms with Crippen molar-refractivity contribution >= 4 is 52.2 Å². The van der Waals surface area contributed by atoms with Gasteiger partial charge in [0, 0.05) is 5.92 Å². The highest BCUT2D eigenvalue weighted by Crippen LogP contribution is 2.48. The van der Waals surface area contributed by atoms with Gasteiger partial charge >= 0.3 is 5.38 Å². The first kappa shape index (κ1) is 12.8. The summed E-state index contributed by atoms with van der Waals surface area (Å²) in [4.78, 5) is 11.0. The third-order valence-corrected chi connectivity index (χ3v) is 3.81. The lowest BCUT2D eigenvalue weighted by Gasteiger charge is -2.34. The van der Waals surface area contributed by atoms with E-state index in [-0.39, 0.29) is 12.2 Å². The number of halogens is 6. The number of carbonyl (C=O) groups excluding carboxylic acids is 1. The Kier molecular flexibility index (Phi) is 3.58. The molecule has 1 rings (SSSR count). The van der Waals surface area contributed by atoms with Crippen LogP contribution in [0.25, 0.3) is 0 Å². The zero-order valence-electron chi connectivity index (χ0n) is 6.74. The average Bonchev–Trinajstić information content (AvgIpc) is 2.01. The lowest BCUT2D eigenvalue weighted by molar-refractivity contribution is -0.129. The van der Waals surface area contributed by atoms with Gasteiger partial charge in [0.2, 0.25) is 0 Å². The van der Waals surface area contributed by atoms with Gasteiger partial charge in [-0.15, -0.1) is 11.6 Å². The van der Waals surface area contributed by atoms with Crippen molar-refractivity contribution in [2.24, 2.45) is 5.92 Å². The zero-order valence-corrected chi connectivity index (χ0v) is 9.77. The van der Waals surface area contributed by atoms with E-state index >= 15 is 0 Å². The van der Waals surface area contributed by atoms with Crippen LogP contribution in [0.1, 0.15) is 12.8 Å². The van der Waals surface area contributed by atoms with Crippen molar-refractivity contribution in [2.75, 3.05) is 0 Å². The molecular weight excluding hydrogens is 280 g/mol. The topological polar surface area (TPSA) is 17.1 Å². The smallest absolute Gasteiger partial charge is 0.298 e. The van der Waals surface area contributed by atoms with E-state index in [1.807, 2.05) is 0 Å². The van der Waals surface area contributed by atoms with E-state index in [2.05, 4.69) is 0 Å². The summed E-state index contributed by atoms with van der Waals surface area (Å²) in [5.74, 6) is -0.921. The van der Waals surface area contributed by atoms with Crippen LogP contribution in [0, 0.1) is 5.92 Å². The highest BCUT2D eigenvalue weighted by atomic mass is 35.5. The number of ketones is 1. The molecule has 1 nitrogen and oxygen atoms in total. The van der Waals surface area contributed by atoms with E-state index in [9.17, 15) is 13.6 Å². The van der Waals surface area contributed by atoms with Crippen molar-refractivity contribution in [1.82, 2.24) is 0 Å². The maximum atomic E-state index is 12.6.